The molecule has 2 aliphatic rings. The van der Waals surface area contributed by atoms with Gasteiger partial charge in [-0.1, -0.05) is 19.1 Å². The lowest BCUT2D eigenvalue weighted by molar-refractivity contribution is -0.120. The van der Waals surface area contributed by atoms with E-state index in [4.69, 9.17) is 0 Å². The third kappa shape index (κ3) is 3.47. The average molecular weight is 319 g/mol. The fourth-order valence-electron chi connectivity index (χ4n) is 3.12. The largest absolute Gasteiger partial charge is 0.314 e. The quantitative estimate of drug-likeness (QED) is 0.906. The third-order valence-electron chi connectivity index (χ3n) is 4.52. The Balaban J connectivity index is 1.77. The Labute approximate surface area is 137 Å². The van der Waals surface area contributed by atoms with Crippen molar-refractivity contribution in [1.82, 2.24) is 10.2 Å². The number of carbonyl (C=O) groups excluding carboxylic acids is 1. The van der Waals surface area contributed by atoms with Crippen LogP contribution in [0.15, 0.2) is 29.2 Å². The molecular formula is C17H25N3OS. The van der Waals surface area contributed by atoms with Gasteiger partial charge < -0.3 is 10.2 Å². The van der Waals surface area contributed by atoms with Gasteiger partial charge in [-0.05, 0) is 25.5 Å². The predicted molar refractivity (Wildman–Crippen MR) is 92.6 cm³/mol. The second kappa shape index (κ2) is 7.02. The molecule has 1 fully saturated rings. The van der Waals surface area contributed by atoms with Crippen LogP contribution in [-0.2, 0) is 4.79 Å². The van der Waals surface area contributed by atoms with Gasteiger partial charge in [-0.3, -0.25) is 9.69 Å². The van der Waals surface area contributed by atoms with Crippen LogP contribution in [0.5, 0.6) is 0 Å². The van der Waals surface area contributed by atoms with E-state index in [0.717, 1.165) is 38.3 Å². The van der Waals surface area contributed by atoms with E-state index < -0.39 is 0 Å². The minimum absolute atomic E-state index is 0.232. The lowest BCUT2D eigenvalue weighted by atomic mass is 10.2. The van der Waals surface area contributed by atoms with Crippen molar-refractivity contribution in [2.75, 3.05) is 37.6 Å². The molecule has 1 aromatic rings. The first-order chi connectivity index (χ1) is 10.6. The molecule has 1 N–H and O–H groups in total. The smallest absolute Gasteiger partial charge is 0.241 e. The number of carbonyl (C=O) groups is 1. The highest BCUT2D eigenvalue weighted by Crippen LogP contribution is 2.37. The van der Waals surface area contributed by atoms with Gasteiger partial charge in [0.1, 0.15) is 0 Å². The van der Waals surface area contributed by atoms with Crippen molar-refractivity contribution >= 4 is 23.4 Å². The number of thioether (sulfide) groups is 1. The van der Waals surface area contributed by atoms with Crippen LogP contribution in [-0.4, -0.2) is 54.8 Å². The number of hydrogen-bond acceptors (Lipinski definition) is 4. The zero-order valence-electron chi connectivity index (χ0n) is 13.4. The highest BCUT2D eigenvalue weighted by molar-refractivity contribution is 8.00. The zero-order chi connectivity index (χ0) is 15.5. The number of anilines is 1. The van der Waals surface area contributed by atoms with Gasteiger partial charge in [0.2, 0.25) is 5.91 Å². The fourth-order valence-corrected chi connectivity index (χ4v) is 4.24. The van der Waals surface area contributed by atoms with Crippen LogP contribution in [0.4, 0.5) is 5.69 Å². The summed E-state index contributed by atoms with van der Waals surface area (Å²) in [5.74, 6) is 0.232. The van der Waals surface area contributed by atoms with Crippen molar-refractivity contribution in [3.63, 3.8) is 0 Å². The van der Waals surface area contributed by atoms with Gasteiger partial charge in [0.25, 0.3) is 0 Å². The van der Waals surface area contributed by atoms with Crippen LogP contribution in [0.2, 0.25) is 0 Å². The maximum Gasteiger partial charge on any atom is 0.241 e. The topological polar surface area (TPSA) is 35.6 Å². The number of benzene rings is 1. The van der Waals surface area contributed by atoms with Crippen molar-refractivity contribution in [2.24, 2.45) is 0 Å². The second-order valence-corrected chi connectivity index (χ2v) is 7.73. The normalized spacial score (nSPS) is 26.4. The molecule has 5 heteroatoms. The zero-order valence-corrected chi connectivity index (χ0v) is 14.2. The molecule has 0 aliphatic carbocycles. The van der Waals surface area contributed by atoms with E-state index in [2.05, 4.69) is 42.3 Å². The first-order valence-corrected chi connectivity index (χ1v) is 9.04. The highest BCUT2D eigenvalue weighted by atomic mass is 32.2. The number of rotatable bonds is 2. The van der Waals surface area contributed by atoms with Crippen LogP contribution < -0.4 is 10.2 Å². The standard InChI is InChI=1S/C17H25N3OS/c1-13-11-18-8-10-19(13)12-17(21)20-9-7-14(2)22-16-6-4-3-5-15(16)20/h3-6,13-14,18H,7-12H2,1-2H3/t13-,14?/m0/s1. The van der Waals surface area contributed by atoms with Gasteiger partial charge in [0, 0.05) is 42.4 Å². The number of piperazine rings is 1. The Morgan fingerprint density at radius 3 is 2.95 bits per heavy atom. The van der Waals surface area contributed by atoms with E-state index in [0.29, 0.717) is 17.8 Å². The molecule has 22 heavy (non-hydrogen) atoms. The van der Waals surface area contributed by atoms with E-state index in [1.807, 2.05) is 22.7 Å². The molecule has 4 nitrogen and oxygen atoms in total. The molecule has 120 valence electrons. The van der Waals surface area contributed by atoms with Crippen molar-refractivity contribution in [3.05, 3.63) is 24.3 Å². The fraction of sp³-hybridized carbons (Fsp3) is 0.588. The molecule has 0 radical (unpaired) electrons. The second-order valence-electron chi connectivity index (χ2n) is 6.25. The van der Waals surface area contributed by atoms with E-state index in [9.17, 15) is 4.79 Å². The van der Waals surface area contributed by atoms with E-state index in [1.165, 1.54) is 4.90 Å². The summed E-state index contributed by atoms with van der Waals surface area (Å²) in [6, 6.07) is 8.73. The Morgan fingerprint density at radius 2 is 2.14 bits per heavy atom. The average Bonchev–Trinajstić information content (AvgIpc) is 2.68. The molecule has 0 aromatic heterocycles. The number of nitrogens with zero attached hydrogens (tertiary/aromatic N) is 2. The van der Waals surface area contributed by atoms with Crippen molar-refractivity contribution in [2.45, 2.75) is 36.5 Å². The molecular weight excluding hydrogens is 294 g/mol. The van der Waals surface area contributed by atoms with Gasteiger partial charge >= 0.3 is 0 Å². The summed E-state index contributed by atoms with van der Waals surface area (Å²) in [7, 11) is 0. The summed E-state index contributed by atoms with van der Waals surface area (Å²) in [4.78, 5) is 18.4. The Morgan fingerprint density at radius 1 is 1.32 bits per heavy atom. The van der Waals surface area contributed by atoms with Crippen LogP contribution >= 0.6 is 11.8 Å². The van der Waals surface area contributed by atoms with E-state index >= 15 is 0 Å². The Bertz CT molecular complexity index is 536. The molecule has 2 atom stereocenters. The summed E-state index contributed by atoms with van der Waals surface area (Å²) in [6.45, 7) is 8.67. The van der Waals surface area contributed by atoms with E-state index in [-0.39, 0.29) is 5.91 Å². The summed E-state index contributed by atoms with van der Waals surface area (Å²) in [5.41, 5.74) is 1.09. The Hall–Kier alpha value is -1.04. The molecule has 1 unspecified atom stereocenters. The van der Waals surface area contributed by atoms with Gasteiger partial charge in [-0.2, -0.15) is 0 Å². The lowest BCUT2D eigenvalue weighted by Gasteiger charge is -2.35. The lowest BCUT2D eigenvalue weighted by Crippen LogP contribution is -2.53. The maximum absolute atomic E-state index is 12.9. The third-order valence-corrected chi connectivity index (χ3v) is 5.76. The van der Waals surface area contributed by atoms with Crippen molar-refractivity contribution in [1.29, 1.82) is 0 Å². The number of fused-ring (bicyclic) bond motifs is 1. The number of hydrogen-bond donors (Lipinski definition) is 1. The molecule has 1 aromatic carbocycles. The van der Waals surface area contributed by atoms with Gasteiger partial charge in [0.05, 0.1) is 12.2 Å². The minimum Gasteiger partial charge on any atom is -0.314 e. The highest BCUT2D eigenvalue weighted by Gasteiger charge is 2.27. The molecule has 0 saturated carbocycles. The molecule has 1 amide bonds. The molecule has 0 bridgehead atoms. The van der Waals surface area contributed by atoms with Crippen LogP contribution in [0, 0.1) is 0 Å². The minimum atomic E-state index is 0.232. The van der Waals surface area contributed by atoms with Crippen molar-refractivity contribution in [3.8, 4) is 0 Å². The molecule has 1 saturated heterocycles. The van der Waals surface area contributed by atoms with Crippen LogP contribution in [0.1, 0.15) is 20.3 Å². The summed E-state index contributed by atoms with van der Waals surface area (Å²) in [6.07, 6.45) is 1.04. The van der Waals surface area contributed by atoms with Crippen LogP contribution in [0.25, 0.3) is 0 Å². The monoisotopic (exact) mass is 319 g/mol. The van der Waals surface area contributed by atoms with Gasteiger partial charge in [0.15, 0.2) is 0 Å². The molecule has 3 rings (SSSR count). The molecule has 0 spiro atoms. The van der Waals surface area contributed by atoms with E-state index in [1.54, 1.807) is 0 Å². The summed E-state index contributed by atoms with van der Waals surface area (Å²) < 4.78 is 0. The Kier molecular flexibility index (Phi) is 5.06. The maximum atomic E-state index is 12.9. The van der Waals surface area contributed by atoms with Gasteiger partial charge in [-0.15, -0.1) is 11.8 Å². The predicted octanol–water partition coefficient (Wildman–Crippen LogP) is 2.20. The number of para-hydroxylation sites is 1. The number of amides is 1. The first-order valence-electron chi connectivity index (χ1n) is 8.16. The molecule has 2 aliphatic heterocycles. The SMILES string of the molecule is CC1CCN(C(=O)CN2CCNC[C@@H]2C)c2ccccc2S1. The summed E-state index contributed by atoms with van der Waals surface area (Å²) in [5, 5.41) is 3.93. The van der Waals surface area contributed by atoms with Crippen LogP contribution in [0.3, 0.4) is 0 Å². The van der Waals surface area contributed by atoms with Crippen molar-refractivity contribution < 1.29 is 4.79 Å². The van der Waals surface area contributed by atoms with Gasteiger partial charge in [-0.25, -0.2) is 0 Å². The number of nitrogens with one attached hydrogen (secondary N) is 1. The summed E-state index contributed by atoms with van der Waals surface area (Å²) >= 11 is 1.88. The first kappa shape index (κ1) is 15.8. The molecule has 2 heterocycles.